The van der Waals surface area contributed by atoms with Gasteiger partial charge in [0.25, 0.3) is 0 Å². The molecule has 0 aliphatic carbocycles. The number of hydrogen-bond acceptors (Lipinski definition) is 2. The molecule has 0 bridgehead atoms. The predicted molar refractivity (Wildman–Crippen MR) is 58.4 cm³/mol. The second kappa shape index (κ2) is 5.11. The van der Waals surface area contributed by atoms with Crippen molar-refractivity contribution in [3.63, 3.8) is 0 Å². The molecule has 1 aliphatic heterocycles. The third kappa shape index (κ3) is 2.53. The number of nitrogens with zero attached hydrogens (tertiary/aromatic N) is 1. The first-order valence-corrected chi connectivity index (χ1v) is 6.48. The molecule has 0 aromatic heterocycles. The lowest BCUT2D eigenvalue weighted by molar-refractivity contribution is -0.129. The van der Waals surface area contributed by atoms with E-state index >= 15 is 0 Å². The molecule has 13 heavy (non-hydrogen) atoms. The minimum atomic E-state index is 0.238. The van der Waals surface area contributed by atoms with E-state index in [9.17, 15) is 4.79 Å². The van der Waals surface area contributed by atoms with Gasteiger partial charge in [-0.25, -0.2) is 0 Å². The lowest BCUT2D eigenvalue weighted by atomic mass is 10.1. The van der Waals surface area contributed by atoms with Crippen LogP contribution in [-0.2, 0) is 4.79 Å². The van der Waals surface area contributed by atoms with Gasteiger partial charge in [-0.2, -0.15) is 11.8 Å². The van der Waals surface area contributed by atoms with E-state index in [1.165, 1.54) is 0 Å². The summed E-state index contributed by atoms with van der Waals surface area (Å²) >= 11 is 7.42. The third-order valence-electron chi connectivity index (χ3n) is 2.63. The second-order valence-electron chi connectivity index (χ2n) is 3.51. The van der Waals surface area contributed by atoms with Gasteiger partial charge in [-0.05, 0) is 18.6 Å². The molecule has 4 heteroatoms. The summed E-state index contributed by atoms with van der Waals surface area (Å²) < 4.78 is 0. The highest BCUT2D eigenvalue weighted by Gasteiger charge is 2.32. The van der Waals surface area contributed by atoms with E-state index in [-0.39, 0.29) is 11.9 Å². The van der Waals surface area contributed by atoms with Crippen molar-refractivity contribution < 1.29 is 4.79 Å². The van der Waals surface area contributed by atoms with Crippen LogP contribution in [0.1, 0.15) is 13.3 Å². The Balaban J connectivity index is 2.54. The van der Waals surface area contributed by atoms with Crippen molar-refractivity contribution in [3.8, 4) is 0 Å². The van der Waals surface area contributed by atoms with Crippen LogP contribution in [0.5, 0.6) is 0 Å². The third-order valence-corrected chi connectivity index (χ3v) is 3.48. The largest absolute Gasteiger partial charge is 0.338 e. The van der Waals surface area contributed by atoms with Gasteiger partial charge >= 0.3 is 0 Å². The van der Waals surface area contributed by atoms with Gasteiger partial charge < -0.3 is 4.90 Å². The number of amides is 1. The number of carbonyl (C=O) groups excluding carboxylic acids is 1. The Bertz CT molecular complexity index is 188. The number of carbonyl (C=O) groups is 1. The van der Waals surface area contributed by atoms with Gasteiger partial charge in [-0.15, -0.1) is 11.6 Å². The van der Waals surface area contributed by atoms with Crippen LogP contribution in [0, 0.1) is 5.92 Å². The molecule has 0 radical (unpaired) electrons. The second-order valence-corrected chi connectivity index (χ2v) is 4.68. The quantitative estimate of drug-likeness (QED) is 0.678. The average Bonchev–Trinajstić information content (AvgIpc) is 2.47. The van der Waals surface area contributed by atoms with Crippen molar-refractivity contribution in [2.24, 2.45) is 5.92 Å². The number of thioether (sulfide) groups is 1. The smallest absolute Gasteiger partial charge is 0.232 e. The molecule has 1 saturated heterocycles. The highest BCUT2D eigenvalue weighted by molar-refractivity contribution is 7.99. The number of hydrogen-bond donors (Lipinski definition) is 0. The van der Waals surface area contributed by atoms with Gasteiger partial charge in [0.2, 0.25) is 5.91 Å². The summed E-state index contributed by atoms with van der Waals surface area (Å²) in [5.74, 6) is 1.95. The van der Waals surface area contributed by atoms with Crippen molar-refractivity contribution in [1.29, 1.82) is 0 Å². The predicted octanol–water partition coefficient (Wildman–Crippen LogP) is 1.83. The Hall–Kier alpha value is 0.110. The fourth-order valence-corrected chi connectivity index (χ4v) is 2.64. The van der Waals surface area contributed by atoms with Gasteiger partial charge in [-0.3, -0.25) is 4.79 Å². The average molecular weight is 222 g/mol. The molecular formula is C9H16ClNOS. The Labute approximate surface area is 89.0 Å². The molecule has 0 aromatic rings. The fourth-order valence-electron chi connectivity index (χ4n) is 1.76. The lowest BCUT2D eigenvalue weighted by Crippen LogP contribution is -2.39. The van der Waals surface area contributed by atoms with Crippen LogP contribution in [0.15, 0.2) is 0 Å². The van der Waals surface area contributed by atoms with Crippen molar-refractivity contribution >= 4 is 29.3 Å². The maximum atomic E-state index is 11.6. The van der Waals surface area contributed by atoms with Crippen molar-refractivity contribution in [1.82, 2.24) is 4.90 Å². The first kappa shape index (κ1) is 11.2. The number of likely N-dealkylation sites (tertiary alicyclic amines) is 1. The maximum Gasteiger partial charge on any atom is 0.232 e. The number of alkyl halides is 1. The highest BCUT2D eigenvalue weighted by atomic mass is 35.5. The minimum absolute atomic E-state index is 0.238. The Morgan fingerprint density at radius 2 is 2.38 bits per heavy atom. The fraction of sp³-hybridized carbons (Fsp3) is 0.889. The summed E-state index contributed by atoms with van der Waals surface area (Å²) in [6, 6.07) is 0.265. The van der Waals surface area contributed by atoms with E-state index in [1.54, 1.807) is 11.8 Å². The zero-order valence-electron chi connectivity index (χ0n) is 8.12. The molecule has 2 atom stereocenters. The first-order valence-electron chi connectivity index (χ1n) is 4.55. The van der Waals surface area contributed by atoms with Crippen LogP contribution in [0.4, 0.5) is 0 Å². The van der Waals surface area contributed by atoms with E-state index in [0.717, 1.165) is 13.0 Å². The zero-order valence-corrected chi connectivity index (χ0v) is 9.70. The van der Waals surface area contributed by atoms with E-state index in [0.29, 0.717) is 17.6 Å². The Morgan fingerprint density at radius 3 is 2.92 bits per heavy atom. The molecule has 1 aliphatic rings. The topological polar surface area (TPSA) is 20.3 Å². The summed E-state index contributed by atoms with van der Waals surface area (Å²) in [5.41, 5.74) is 0. The molecule has 1 amide bonds. The summed E-state index contributed by atoms with van der Waals surface area (Å²) in [6.45, 7) is 3.05. The van der Waals surface area contributed by atoms with Gasteiger partial charge in [0.05, 0.1) is 5.75 Å². The first-order chi connectivity index (χ1) is 6.20. The van der Waals surface area contributed by atoms with E-state index in [1.807, 2.05) is 11.2 Å². The van der Waals surface area contributed by atoms with Crippen LogP contribution in [0.2, 0.25) is 0 Å². The van der Waals surface area contributed by atoms with Gasteiger partial charge in [-0.1, -0.05) is 6.92 Å². The van der Waals surface area contributed by atoms with E-state index in [2.05, 4.69) is 6.92 Å². The van der Waals surface area contributed by atoms with Crippen LogP contribution >= 0.6 is 23.4 Å². The minimum Gasteiger partial charge on any atom is -0.338 e. The summed E-state index contributed by atoms with van der Waals surface area (Å²) in [4.78, 5) is 13.5. The zero-order chi connectivity index (χ0) is 9.84. The summed E-state index contributed by atoms with van der Waals surface area (Å²) in [7, 11) is 0. The van der Waals surface area contributed by atoms with Crippen LogP contribution < -0.4 is 0 Å². The molecule has 76 valence electrons. The maximum absolute atomic E-state index is 11.6. The molecule has 0 N–H and O–H groups in total. The molecule has 1 rings (SSSR count). The van der Waals surface area contributed by atoms with Crippen molar-refractivity contribution in [2.45, 2.75) is 19.4 Å². The lowest BCUT2D eigenvalue weighted by Gasteiger charge is -2.24. The monoisotopic (exact) mass is 221 g/mol. The van der Waals surface area contributed by atoms with Crippen LogP contribution in [0.3, 0.4) is 0 Å². The highest BCUT2D eigenvalue weighted by Crippen LogP contribution is 2.25. The van der Waals surface area contributed by atoms with Gasteiger partial charge in [0.1, 0.15) is 0 Å². The molecule has 1 fully saturated rings. The molecule has 1 heterocycles. The SMILES string of the molecule is CSCC(=O)N1CCC(C)C1CCl. The summed E-state index contributed by atoms with van der Waals surface area (Å²) in [6.07, 6.45) is 3.05. The molecule has 2 unspecified atom stereocenters. The van der Waals surface area contributed by atoms with Crippen LogP contribution in [0.25, 0.3) is 0 Å². The molecule has 2 nitrogen and oxygen atoms in total. The van der Waals surface area contributed by atoms with E-state index < -0.39 is 0 Å². The number of halogens is 1. The standard InChI is InChI=1S/C9H16ClNOS/c1-7-3-4-11(8(7)5-10)9(12)6-13-2/h7-8H,3-6H2,1-2H3. The van der Waals surface area contributed by atoms with Crippen molar-refractivity contribution in [2.75, 3.05) is 24.4 Å². The number of rotatable bonds is 3. The molecule has 0 saturated carbocycles. The Morgan fingerprint density at radius 1 is 1.69 bits per heavy atom. The van der Waals surface area contributed by atoms with E-state index in [4.69, 9.17) is 11.6 Å². The molecule has 0 aromatic carbocycles. The Kier molecular flexibility index (Phi) is 4.39. The van der Waals surface area contributed by atoms with Gasteiger partial charge in [0.15, 0.2) is 0 Å². The normalized spacial score (nSPS) is 28.1. The van der Waals surface area contributed by atoms with Crippen molar-refractivity contribution in [3.05, 3.63) is 0 Å². The van der Waals surface area contributed by atoms with Gasteiger partial charge in [0, 0.05) is 18.5 Å². The molecular weight excluding hydrogens is 206 g/mol. The summed E-state index contributed by atoms with van der Waals surface area (Å²) in [5, 5.41) is 0. The van der Waals surface area contributed by atoms with Crippen LogP contribution in [-0.4, -0.2) is 41.3 Å². The molecule has 0 spiro atoms.